The second kappa shape index (κ2) is 5.87. The molecule has 0 spiro atoms. The van der Waals surface area contributed by atoms with Crippen molar-refractivity contribution in [2.45, 2.75) is 57.5 Å². The zero-order valence-corrected chi connectivity index (χ0v) is 10.8. The van der Waals surface area contributed by atoms with Gasteiger partial charge in [-0.05, 0) is 39.0 Å². The highest BCUT2D eigenvalue weighted by molar-refractivity contribution is 5.85. The van der Waals surface area contributed by atoms with E-state index in [4.69, 9.17) is 5.73 Å². The third-order valence-corrected chi connectivity index (χ3v) is 3.68. The summed E-state index contributed by atoms with van der Waals surface area (Å²) in [5.74, 6) is 0.587. The van der Waals surface area contributed by atoms with Crippen LogP contribution in [0.3, 0.4) is 0 Å². The number of halogens is 1. The van der Waals surface area contributed by atoms with Crippen LogP contribution in [0.25, 0.3) is 0 Å². The molecule has 94 valence electrons. The normalized spacial score (nSPS) is 29.4. The average Bonchev–Trinajstić information content (AvgIpc) is 3.03. The molecule has 0 heterocycles. The third-order valence-electron chi connectivity index (χ3n) is 3.68. The van der Waals surface area contributed by atoms with Crippen LogP contribution < -0.4 is 5.73 Å². The highest BCUT2D eigenvalue weighted by Crippen LogP contribution is 2.31. The summed E-state index contributed by atoms with van der Waals surface area (Å²) in [6.07, 6.45) is 6.59. The lowest BCUT2D eigenvalue weighted by Crippen LogP contribution is -2.41. The molecule has 0 radical (unpaired) electrons. The lowest BCUT2D eigenvalue weighted by Gasteiger charge is -2.31. The second-order valence-corrected chi connectivity index (χ2v) is 4.98. The van der Waals surface area contributed by atoms with E-state index in [0.717, 1.165) is 32.2 Å². The molecule has 1 amide bonds. The minimum Gasteiger partial charge on any atom is -0.340 e. The number of carbonyl (C=O) groups excluding carboxylic acids is 1. The van der Waals surface area contributed by atoms with E-state index in [1.807, 2.05) is 0 Å². The van der Waals surface area contributed by atoms with Gasteiger partial charge in [0.15, 0.2) is 0 Å². The molecule has 2 fully saturated rings. The van der Waals surface area contributed by atoms with E-state index in [-0.39, 0.29) is 24.4 Å². The van der Waals surface area contributed by atoms with Crippen LogP contribution in [0.15, 0.2) is 0 Å². The molecule has 2 rings (SSSR count). The summed E-state index contributed by atoms with van der Waals surface area (Å²) in [6, 6.07) is 0.811. The predicted octanol–water partition coefficient (Wildman–Crippen LogP) is 1.94. The molecule has 0 aromatic carbocycles. The molecule has 3 nitrogen and oxygen atoms in total. The average molecular weight is 247 g/mol. The molecule has 0 aliphatic heterocycles. The summed E-state index contributed by atoms with van der Waals surface area (Å²) >= 11 is 0. The van der Waals surface area contributed by atoms with Crippen molar-refractivity contribution in [1.82, 2.24) is 4.90 Å². The maximum atomic E-state index is 12.2. The fourth-order valence-corrected chi connectivity index (χ4v) is 2.67. The zero-order chi connectivity index (χ0) is 10.8. The molecule has 2 N–H and O–H groups in total. The SMILES string of the molecule is CCN(C(=O)C1CCCC(N)C1)C1CC1.Cl. The smallest absolute Gasteiger partial charge is 0.225 e. The molecule has 2 aliphatic rings. The van der Waals surface area contributed by atoms with Gasteiger partial charge >= 0.3 is 0 Å². The van der Waals surface area contributed by atoms with Crippen LogP contribution in [0.5, 0.6) is 0 Å². The molecule has 4 heteroatoms. The van der Waals surface area contributed by atoms with Gasteiger partial charge in [-0.3, -0.25) is 4.79 Å². The zero-order valence-electron chi connectivity index (χ0n) is 10.0. The monoisotopic (exact) mass is 246 g/mol. The van der Waals surface area contributed by atoms with Crippen molar-refractivity contribution in [3.05, 3.63) is 0 Å². The van der Waals surface area contributed by atoms with Crippen LogP contribution >= 0.6 is 12.4 Å². The first kappa shape index (κ1) is 13.8. The van der Waals surface area contributed by atoms with E-state index in [1.54, 1.807) is 0 Å². The van der Waals surface area contributed by atoms with Gasteiger partial charge in [0.25, 0.3) is 0 Å². The van der Waals surface area contributed by atoms with Crippen molar-refractivity contribution < 1.29 is 4.79 Å². The first-order valence-electron chi connectivity index (χ1n) is 6.28. The predicted molar refractivity (Wildman–Crippen MR) is 67.6 cm³/mol. The summed E-state index contributed by atoms with van der Waals surface area (Å²) in [5.41, 5.74) is 5.93. The van der Waals surface area contributed by atoms with Crippen LogP contribution in [-0.4, -0.2) is 29.4 Å². The summed E-state index contributed by atoms with van der Waals surface area (Å²) < 4.78 is 0. The Labute approximate surface area is 104 Å². The first-order chi connectivity index (χ1) is 7.22. The van der Waals surface area contributed by atoms with E-state index in [9.17, 15) is 4.79 Å². The maximum Gasteiger partial charge on any atom is 0.225 e. The lowest BCUT2D eigenvalue weighted by atomic mass is 9.85. The van der Waals surface area contributed by atoms with E-state index >= 15 is 0 Å². The van der Waals surface area contributed by atoms with E-state index < -0.39 is 0 Å². The number of carbonyl (C=O) groups is 1. The van der Waals surface area contributed by atoms with E-state index in [1.165, 1.54) is 12.8 Å². The summed E-state index contributed by atoms with van der Waals surface area (Å²) in [5, 5.41) is 0. The Morgan fingerprint density at radius 3 is 2.50 bits per heavy atom. The molecule has 0 aromatic rings. The lowest BCUT2D eigenvalue weighted by molar-refractivity contribution is -0.137. The van der Waals surface area contributed by atoms with Crippen molar-refractivity contribution >= 4 is 18.3 Å². The molecular weight excluding hydrogens is 224 g/mol. The number of hydrogen-bond donors (Lipinski definition) is 1. The van der Waals surface area contributed by atoms with Gasteiger partial charge in [-0.25, -0.2) is 0 Å². The van der Waals surface area contributed by atoms with Crippen LogP contribution in [0, 0.1) is 5.92 Å². The van der Waals surface area contributed by atoms with Gasteiger partial charge in [-0.15, -0.1) is 12.4 Å². The molecule has 2 unspecified atom stereocenters. The molecule has 2 atom stereocenters. The molecule has 0 aromatic heterocycles. The van der Waals surface area contributed by atoms with Gasteiger partial charge in [0.2, 0.25) is 5.91 Å². The Morgan fingerprint density at radius 1 is 1.31 bits per heavy atom. The van der Waals surface area contributed by atoms with Gasteiger partial charge in [0.05, 0.1) is 0 Å². The summed E-state index contributed by atoms with van der Waals surface area (Å²) in [7, 11) is 0. The Balaban J connectivity index is 0.00000128. The van der Waals surface area contributed by atoms with Gasteiger partial charge in [-0.1, -0.05) is 6.42 Å². The van der Waals surface area contributed by atoms with E-state index in [2.05, 4.69) is 11.8 Å². The Kier molecular flexibility index (Phi) is 5.06. The van der Waals surface area contributed by atoms with Crippen LogP contribution in [-0.2, 0) is 4.79 Å². The fourth-order valence-electron chi connectivity index (χ4n) is 2.67. The van der Waals surface area contributed by atoms with E-state index in [0.29, 0.717) is 11.9 Å². The molecule has 0 saturated heterocycles. The largest absolute Gasteiger partial charge is 0.340 e. The molecule has 16 heavy (non-hydrogen) atoms. The molecular formula is C12H23ClN2O. The standard InChI is InChI=1S/C12H22N2O.ClH/c1-2-14(11-6-7-11)12(15)9-4-3-5-10(13)8-9;/h9-11H,2-8,13H2,1H3;1H. The third kappa shape index (κ3) is 3.11. The van der Waals surface area contributed by atoms with Gasteiger partial charge < -0.3 is 10.6 Å². The summed E-state index contributed by atoms with van der Waals surface area (Å²) in [4.78, 5) is 14.3. The fraction of sp³-hybridized carbons (Fsp3) is 0.917. The van der Waals surface area contributed by atoms with Crippen LogP contribution in [0.2, 0.25) is 0 Å². The first-order valence-corrected chi connectivity index (χ1v) is 6.28. The highest BCUT2D eigenvalue weighted by atomic mass is 35.5. The number of nitrogens with two attached hydrogens (primary N) is 1. The second-order valence-electron chi connectivity index (χ2n) is 4.98. The van der Waals surface area contributed by atoms with Crippen molar-refractivity contribution in [1.29, 1.82) is 0 Å². The Hall–Kier alpha value is -0.280. The van der Waals surface area contributed by atoms with Crippen LogP contribution in [0.1, 0.15) is 45.4 Å². The number of amides is 1. The Morgan fingerprint density at radius 2 is 2.00 bits per heavy atom. The van der Waals surface area contributed by atoms with Crippen molar-refractivity contribution in [2.75, 3.05) is 6.54 Å². The van der Waals surface area contributed by atoms with Crippen molar-refractivity contribution in [3.8, 4) is 0 Å². The minimum atomic E-state index is 0. The maximum absolute atomic E-state index is 12.2. The highest BCUT2D eigenvalue weighted by Gasteiger charge is 2.36. The number of hydrogen-bond acceptors (Lipinski definition) is 2. The van der Waals surface area contributed by atoms with Crippen molar-refractivity contribution in [2.24, 2.45) is 11.7 Å². The topological polar surface area (TPSA) is 46.3 Å². The summed E-state index contributed by atoms with van der Waals surface area (Å²) in [6.45, 7) is 2.95. The molecule has 2 saturated carbocycles. The number of rotatable bonds is 3. The van der Waals surface area contributed by atoms with Gasteiger partial charge in [-0.2, -0.15) is 0 Å². The van der Waals surface area contributed by atoms with Crippen molar-refractivity contribution in [3.63, 3.8) is 0 Å². The van der Waals surface area contributed by atoms with Gasteiger partial charge in [0, 0.05) is 24.5 Å². The quantitative estimate of drug-likeness (QED) is 0.827. The van der Waals surface area contributed by atoms with Gasteiger partial charge in [0.1, 0.15) is 0 Å². The molecule has 0 bridgehead atoms. The number of nitrogens with zero attached hydrogens (tertiary/aromatic N) is 1. The minimum absolute atomic E-state index is 0. The Bertz CT molecular complexity index is 243. The van der Waals surface area contributed by atoms with Crippen LogP contribution in [0.4, 0.5) is 0 Å². The molecule has 2 aliphatic carbocycles.